The molecule has 4 rings (SSSR count). The number of hydrogen-bond donors (Lipinski definition) is 0. The molecule has 1 aromatic carbocycles. The Morgan fingerprint density at radius 3 is 2.79 bits per heavy atom. The number of nitrogens with zero attached hydrogens (tertiary/aromatic N) is 5. The summed E-state index contributed by atoms with van der Waals surface area (Å²) < 4.78 is 8.89. The third-order valence-electron chi connectivity index (χ3n) is 4.72. The molecule has 3 aromatic heterocycles. The van der Waals surface area contributed by atoms with Crippen LogP contribution in [0.3, 0.4) is 0 Å². The van der Waals surface area contributed by atoms with E-state index < -0.39 is 0 Å². The molecule has 0 amide bonds. The zero-order chi connectivity index (χ0) is 20.4. The van der Waals surface area contributed by atoms with E-state index >= 15 is 0 Å². The average molecular weight is 410 g/mol. The molecule has 0 unspecified atom stereocenters. The van der Waals surface area contributed by atoms with Crippen LogP contribution in [0, 0.1) is 13.8 Å². The second-order valence-corrected chi connectivity index (χ2v) is 7.89. The van der Waals surface area contributed by atoms with E-state index in [4.69, 9.17) is 9.72 Å². The maximum atomic E-state index is 13.0. The van der Waals surface area contributed by atoms with Gasteiger partial charge in [-0.05, 0) is 38.5 Å². The zero-order valence-electron chi connectivity index (χ0n) is 16.8. The quantitative estimate of drug-likeness (QED) is 0.265. The molecule has 4 aromatic rings. The van der Waals surface area contributed by atoms with Crippen molar-refractivity contribution in [2.24, 2.45) is 0 Å². The standard InChI is InChI=1S/C21H23N5O2S/c1-14-11-15(2)26-12-16(23-20(26)22-14)13-29-21-24-18-8-5-4-7-17(18)19(27)25(21)9-6-10-28-3/h4-5,7-8,11-12H,6,9-10,13H2,1-3H3. The van der Waals surface area contributed by atoms with Crippen molar-refractivity contribution in [2.45, 2.75) is 37.7 Å². The number of para-hydroxylation sites is 1. The van der Waals surface area contributed by atoms with Crippen LogP contribution in [-0.2, 0) is 17.0 Å². The van der Waals surface area contributed by atoms with Crippen LogP contribution < -0.4 is 5.56 Å². The maximum Gasteiger partial charge on any atom is 0.262 e. The molecule has 0 radical (unpaired) electrons. The highest BCUT2D eigenvalue weighted by Gasteiger charge is 2.13. The maximum absolute atomic E-state index is 13.0. The summed E-state index contributed by atoms with van der Waals surface area (Å²) in [6, 6.07) is 9.50. The molecule has 7 nitrogen and oxygen atoms in total. The number of imidazole rings is 1. The number of fused-ring (bicyclic) bond motifs is 2. The van der Waals surface area contributed by atoms with Crippen LogP contribution in [0.2, 0.25) is 0 Å². The van der Waals surface area contributed by atoms with Gasteiger partial charge in [-0.1, -0.05) is 23.9 Å². The number of ether oxygens (including phenoxy) is 1. The van der Waals surface area contributed by atoms with Gasteiger partial charge in [0.1, 0.15) is 0 Å². The Hall–Kier alpha value is -2.71. The Balaban J connectivity index is 1.66. The molecule has 0 saturated heterocycles. The first-order chi connectivity index (χ1) is 14.1. The van der Waals surface area contributed by atoms with Gasteiger partial charge in [-0.2, -0.15) is 0 Å². The molecule has 0 fully saturated rings. The second kappa shape index (κ2) is 8.34. The minimum Gasteiger partial charge on any atom is -0.385 e. The summed E-state index contributed by atoms with van der Waals surface area (Å²) in [5.41, 5.74) is 3.64. The molecule has 0 N–H and O–H groups in total. The normalized spacial score (nSPS) is 11.6. The van der Waals surface area contributed by atoms with Crippen LogP contribution in [0.5, 0.6) is 0 Å². The molecule has 29 heavy (non-hydrogen) atoms. The number of benzene rings is 1. The fourth-order valence-corrected chi connectivity index (χ4v) is 4.26. The van der Waals surface area contributed by atoms with Crippen LogP contribution in [-0.4, -0.2) is 37.6 Å². The van der Waals surface area contributed by atoms with Crippen molar-refractivity contribution in [3.05, 3.63) is 64.0 Å². The Labute approximate surface area is 172 Å². The Kier molecular flexibility index (Phi) is 5.64. The molecule has 3 heterocycles. The van der Waals surface area contributed by atoms with Gasteiger partial charge in [0.05, 0.1) is 16.6 Å². The molecule has 0 bridgehead atoms. The molecule has 8 heteroatoms. The smallest absolute Gasteiger partial charge is 0.262 e. The van der Waals surface area contributed by atoms with Crippen LogP contribution in [0.1, 0.15) is 23.5 Å². The average Bonchev–Trinajstić information content (AvgIpc) is 3.11. The lowest BCUT2D eigenvalue weighted by Crippen LogP contribution is -2.24. The number of aromatic nitrogens is 5. The van der Waals surface area contributed by atoms with Crippen molar-refractivity contribution in [1.29, 1.82) is 0 Å². The summed E-state index contributed by atoms with van der Waals surface area (Å²) in [6.07, 6.45) is 2.75. The first-order valence-electron chi connectivity index (χ1n) is 9.50. The van der Waals surface area contributed by atoms with E-state index in [-0.39, 0.29) is 5.56 Å². The Bertz CT molecular complexity index is 1230. The van der Waals surface area contributed by atoms with Crippen molar-refractivity contribution in [1.82, 2.24) is 23.9 Å². The van der Waals surface area contributed by atoms with Gasteiger partial charge in [0.15, 0.2) is 5.16 Å². The second-order valence-electron chi connectivity index (χ2n) is 6.94. The lowest BCUT2D eigenvalue weighted by atomic mass is 10.2. The molecule has 0 atom stereocenters. The van der Waals surface area contributed by atoms with Crippen molar-refractivity contribution in [3.63, 3.8) is 0 Å². The van der Waals surface area contributed by atoms with E-state index in [1.54, 1.807) is 11.7 Å². The Morgan fingerprint density at radius 2 is 1.97 bits per heavy atom. The molecule has 0 aliphatic carbocycles. The molecular formula is C21H23N5O2S. The summed E-state index contributed by atoms with van der Waals surface area (Å²) in [4.78, 5) is 26.9. The molecule has 0 spiro atoms. The first-order valence-corrected chi connectivity index (χ1v) is 10.5. The fourth-order valence-electron chi connectivity index (χ4n) is 3.35. The summed E-state index contributed by atoms with van der Waals surface area (Å²) in [5, 5.41) is 1.33. The number of hydrogen-bond acceptors (Lipinski definition) is 6. The molecule has 150 valence electrons. The Morgan fingerprint density at radius 1 is 1.14 bits per heavy atom. The van der Waals surface area contributed by atoms with E-state index in [1.165, 1.54) is 11.8 Å². The fraction of sp³-hybridized carbons (Fsp3) is 0.333. The summed E-state index contributed by atoms with van der Waals surface area (Å²) in [7, 11) is 1.66. The summed E-state index contributed by atoms with van der Waals surface area (Å²) in [6.45, 7) is 5.17. The van der Waals surface area contributed by atoms with Gasteiger partial charge in [0, 0.05) is 43.6 Å². The zero-order valence-corrected chi connectivity index (χ0v) is 17.6. The van der Waals surface area contributed by atoms with Gasteiger partial charge < -0.3 is 4.74 Å². The lowest BCUT2D eigenvalue weighted by Gasteiger charge is -2.12. The number of aryl methyl sites for hydroxylation is 2. The van der Waals surface area contributed by atoms with Gasteiger partial charge in [-0.15, -0.1) is 0 Å². The molecule has 0 saturated carbocycles. The van der Waals surface area contributed by atoms with Gasteiger partial charge in [-0.3, -0.25) is 13.8 Å². The van der Waals surface area contributed by atoms with Gasteiger partial charge in [-0.25, -0.2) is 15.0 Å². The summed E-state index contributed by atoms with van der Waals surface area (Å²) in [5.74, 6) is 1.30. The largest absolute Gasteiger partial charge is 0.385 e. The molecular weight excluding hydrogens is 386 g/mol. The predicted molar refractivity (Wildman–Crippen MR) is 115 cm³/mol. The van der Waals surface area contributed by atoms with E-state index in [1.807, 2.05) is 54.8 Å². The van der Waals surface area contributed by atoms with E-state index in [0.29, 0.717) is 40.7 Å². The van der Waals surface area contributed by atoms with Crippen molar-refractivity contribution in [3.8, 4) is 0 Å². The monoisotopic (exact) mass is 409 g/mol. The van der Waals surface area contributed by atoms with Gasteiger partial charge in [0.25, 0.3) is 5.56 Å². The highest BCUT2D eigenvalue weighted by Crippen LogP contribution is 2.22. The number of thioether (sulfide) groups is 1. The topological polar surface area (TPSA) is 74.3 Å². The minimum absolute atomic E-state index is 0.0164. The van der Waals surface area contributed by atoms with Crippen molar-refractivity contribution < 1.29 is 4.74 Å². The van der Waals surface area contributed by atoms with Crippen molar-refractivity contribution in [2.75, 3.05) is 13.7 Å². The third kappa shape index (κ3) is 4.04. The summed E-state index contributed by atoms with van der Waals surface area (Å²) >= 11 is 1.52. The van der Waals surface area contributed by atoms with E-state index in [2.05, 4.69) is 9.97 Å². The predicted octanol–water partition coefficient (Wildman–Crippen LogP) is 3.38. The van der Waals surface area contributed by atoms with Crippen LogP contribution >= 0.6 is 11.8 Å². The highest BCUT2D eigenvalue weighted by molar-refractivity contribution is 7.98. The highest BCUT2D eigenvalue weighted by atomic mass is 32.2. The SMILES string of the molecule is COCCCn1c(SCc2cn3c(C)cc(C)nc3n2)nc2ccccc2c1=O. The lowest BCUT2D eigenvalue weighted by molar-refractivity contribution is 0.189. The van der Waals surface area contributed by atoms with Gasteiger partial charge >= 0.3 is 0 Å². The van der Waals surface area contributed by atoms with Crippen molar-refractivity contribution >= 4 is 28.4 Å². The third-order valence-corrected chi connectivity index (χ3v) is 5.73. The molecule has 0 aliphatic heterocycles. The van der Waals surface area contributed by atoms with E-state index in [0.717, 1.165) is 23.5 Å². The van der Waals surface area contributed by atoms with Gasteiger partial charge in [0.2, 0.25) is 5.78 Å². The van der Waals surface area contributed by atoms with E-state index in [9.17, 15) is 4.79 Å². The number of rotatable bonds is 7. The van der Waals surface area contributed by atoms with Crippen LogP contribution in [0.4, 0.5) is 0 Å². The first kappa shape index (κ1) is 19.6. The van der Waals surface area contributed by atoms with Crippen LogP contribution in [0.25, 0.3) is 16.7 Å². The van der Waals surface area contributed by atoms with Crippen LogP contribution in [0.15, 0.2) is 46.5 Å². The molecule has 0 aliphatic rings. The minimum atomic E-state index is -0.0164. The number of methoxy groups -OCH3 is 1.